The molecule has 0 nitrogen and oxygen atoms in total. The van der Waals surface area contributed by atoms with Crippen LogP contribution >= 0.6 is 11.6 Å². The molecule has 0 heterocycles. The number of aryl methyl sites for hydroxylation is 2. The second-order valence-electron chi connectivity index (χ2n) is 8.31. The normalized spacial score (nSPS) is 11.0. The Morgan fingerprint density at radius 1 is 0.567 bits per heavy atom. The maximum Gasteiger partial charge on any atom is 0.0444 e. The fraction of sp³-hybridized carbons (Fsp3) is 0.379. The third-order valence-electron chi connectivity index (χ3n) is 6.01. The van der Waals surface area contributed by atoms with Crippen LogP contribution in [-0.2, 0) is 12.8 Å². The van der Waals surface area contributed by atoms with E-state index < -0.39 is 0 Å². The van der Waals surface area contributed by atoms with Gasteiger partial charge in [-0.15, -0.1) is 0 Å². The molecule has 1 heteroatoms. The summed E-state index contributed by atoms with van der Waals surface area (Å²) >= 11 is 6.40. The van der Waals surface area contributed by atoms with Gasteiger partial charge in [0.05, 0.1) is 0 Å². The Bertz CT molecular complexity index is 891. The molecule has 0 aliphatic carbocycles. The molecule has 0 aromatic heterocycles. The van der Waals surface area contributed by atoms with Crippen molar-refractivity contribution in [2.75, 3.05) is 0 Å². The average molecular weight is 419 g/mol. The quantitative estimate of drug-likeness (QED) is 0.272. The average Bonchev–Trinajstić information content (AvgIpc) is 2.79. The maximum absolute atomic E-state index is 6.40. The summed E-state index contributed by atoms with van der Waals surface area (Å²) in [6.07, 6.45) is 11.7. The first kappa shape index (κ1) is 22.6. The van der Waals surface area contributed by atoms with Gasteiger partial charge < -0.3 is 0 Å². The molecule has 0 fully saturated rings. The van der Waals surface area contributed by atoms with Crippen LogP contribution in [0.25, 0.3) is 22.3 Å². The van der Waals surface area contributed by atoms with Crippen molar-refractivity contribution in [3.05, 3.63) is 82.9 Å². The fourth-order valence-electron chi connectivity index (χ4n) is 4.02. The van der Waals surface area contributed by atoms with Gasteiger partial charge in [-0.3, -0.25) is 0 Å². The predicted octanol–water partition coefficient (Wildman–Crippen LogP) is 9.53. The summed E-state index contributed by atoms with van der Waals surface area (Å²) in [4.78, 5) is 0. The molecule has 0 aliphatic heterocycles. The summed E-state index contributed by atoms with van der Waals surface area (Å²) in [7, 11) is 0. The lowest BCUT2D eigenvalue weighted by Crippen LogP contribution is -1.87. The standard InChI is InChI=1S/C29H35Cl/c1-3-5-6-7-8-9-10-11-23-12-14-25(15-13-23)26-17-19-27(20-18-26)28-21-16-24(4-2)29(30)22-28/h12-22H,3-11H2,1-2H3. The van der Waals surface area contributed by atoms with E-state index in [4.69, 9.17) is 11.6 Å². The largest absolute Gasteiger partial charge is 0.0840 e. The second kappa shape index (κ2) is 12.0. The van der Waals surface area contributed by atoms with E-state index in [9.17, 15) is 0 Å². The first-order chi connectivity index (χ1) is 14.7. The van der Waals surface area contributed by atoms with E-state index in [1.807, 2.05) is 0 Å². The lowest BCUT2D eigenvalue weighted by Gasteiger charge is -2.08. The van der Waals surface area contributed by atoms with E-state index in [0.717, 1.165) is 11.4 Å². The van der Waals surface area contributed by atoms with Crippen molar-refractivity contribution in [2.24, 2.45) is 0 Å². The number of hydrogen-bond acceptors (Lipinski definition) is 0. The van der Waals surface area contributed by atoms with Crippen LogP contribution in [0.3, 0.4) is 0 Å². The van der Waals surface area contributed by atoms with Crippen LogP contribution in [0.15, 0.2) is 66.7 Å². The van der Waals surface area contributed by atoms with E-state index in [0.29, 0.717) is 0 Å². The topological polar surface area (TPSA) is 0 Å². The van der Waals surface area contributed by atoms with Gasteiger partial charge in [0.2, 0.25) is 0 Å². The molecule has 0 atom stereocenters. The predicted molar refractivity (Wildman–Crippen MR) is 133 cm³/mol. The molecular formula is C29H35Cl. The van der Waals surface area contributed by atoms with E-state index in [2.05, 4.69) is 80.6 Å². The third-order valence-corrected chi connectivity index (χ3v) is 6.36. The van der Waals surface area contributed by atoms with Crippen LogP contribution in [0.2, 0.25) is 5.02 Å². The van der Waals surface area contributed by atoms with Gasteiger partial charge in [0.15, 0.2) is 0 Å². The van der Waals surface area contributed by atoms with Crippen LogP contribution in [0, 0.1) is 0 Å². The zero-order chi connectivity index (χ0) is 21.2. The Kier molecular flexibility index (Phi) is 9.02. The molecule has 158 valence electrons. The monoisotopic (exact) mass is 418 g/mol. The molecule has 3 aromatic rings. The molecule has 0 N–H and O–H groups in total. The second-order valence-corrected chi connectivity index (χ2v) is 8.71. The van der Waals surface area contributed by atoms with E-state index in [-0.39, 0.29) is 0 Å². The van der Waals surface area contributed by atoms with Crippen LogP contribution in [0.1, 0.15) is 69.9 Å². The maximum atomic E-state index is 6.40. The van der Waals surface area contributed by atoms with Gasteiger partial charge in [-0.05, 0) is 58.7 Å². The van der Waals surface area contributed by atoms with Crippen molar-refractivity contribution in [1.82, 2.24) is 0 Å². The number of hydrogen-bond donors (Lipinski definition) is 0. The van der Waals surface area contributed by atoms with Crippen LogP contribution in [0.4, 0.5) is 0 Å². The Morgan fingerprint density at radius 3 is 1.63 bits per heavy atom. The van der Waals surface area contributed by atoms with Crippen molar-refractivity contribution in [1.29, 1.82) is 0 Å². The SMILES string of the molecule is CCCCCCCCCc1ccc(-c2ccc(-c3ccc(CC)c(Cl)c3)cc2)cc1. The van der Waals surface area contributed by atoms with Gasteiger partial charge >= 0.3 is 0 Å². The lowest BCUT2D eigenvalue weighted by atomic mass is 9.98. The highest BCUT2D eigenvalue weighted by atomic mass is 35.5. The molecule has 30 heavy (non-hydrogen) atoms. The van der Waals surface area contributed by atoms with Crippen molar-refractivity contribution in [3.8, 4) is 22.3 Å². The van der Waals surface area contributed by atoms with Gasteiger partial charge in [0, 0.05) is 5.02 Å². The highest BCUT2D eigenvalue weighted by Crippen LogP contribution is 2.28. The molecule has 0 saturated heterocycles. The molecule has 3 aromatic carbocycles. The van der Waals surface area contributed by atoms with E-state index in [1.54, 1.807) is 0 Å². The Balaban J connectivity index is 1.54. The molecule has 0 amide bonds. The molecular weight excluding hydrogens is 384 g/mol. The molecule has 0 spiro atoms. The van der Waals surface area contributed by atoms with Gasteiger partial charge in [0.25, 0.3) is 0 Å². The van der Waals surface area contributed by atoms with E-state index in [1.165, 1.54) is 84.7 Å². The highest BCUT2D eigenvalue weighted by molar-refractivity contribution is 6.31. The molecule has 0 radical (unpaired) electrons. The summed E-state index contributed by atoms with van der Waals surface area (Å²) in [6, 6.07) is 24.3. The van der Waals surface area contributed by atoms with Crippen molar-refractivity contribution >= 4 is 11.6 Å². The van der Waals surface area contributed by atoms with Gasteiger partial charge in [-0.25, -0.2) is 0 Å². The smallest absolute Gasteiger partial charge is 0.0444 e. The third kappa shape index (κ3) is 6.47. The van der Waals surface area contributed by atoms with E-state index >= 15 is 0 Å². The number of benzene rings is 3. The minimum atomic E-state index is 0.857. The first-order valence-electron chi connectivity index (χ1n) is 11.7. The molecule has 3 rings (SSSR count). The first-order valence-corrected chi connectivity index (χ1v) is 12.1. The van der Waals surface area contributed by atoms with Crippen LogP contribution in [0.5, 0.6) is 0 Å². The van der Waals surface area contributed by atoms with Crippen LogP contribution in [-0.4, -0.2) is 0 Å². The Hall–Kier alpha value is -2.05. The molecule has 0 saturated carbocycles. The molecule has 0 unspecified atom stereocenters. The highest BCUT2D eigenvalue weighted by Gasteiger charge is 2.04. The minimum Gasteiger partial charge on any atom is -0.0840 e. The molecule has 0 aliphatic rings. The van der Waals surface area contributed by atoms with Crippen molar-refractivity contribution in [3.63, 3.8) is 0 Å². The molecule has 0 bridgehead atoms. The zero-order valence-corrected chi connectivity index (χ0v) is 19.3. The van der Waals surface area contributed by atoms with Gasteiger partial charge in [-0.2, -0.15) is 0 Å². The van der Waals surface area contributed by atoms with Crippen molar-refractivity contribution in [2.45, 2.75) is 71.6 Å². The number of unbranched alkanes of at least 4 members (excludes halogenated alkanes) is 6. The fourth-order valence-corrected chi connectivity index (χ4v) is 4.33. The number of halogens is 1. The Labute approximate surface area is 188 Å². The lowest BCUT2D eigenvalue weighted by molar-refractivity contribution is 0.589. The van der Waals surface area contributed by atoms with Crippen molar-refractivity contribution < 1.29 is 0 Å². The summed E-state index contributed by atoms with van der Waals surface area (Å²) < 4.78 is 0. The van der Waals surface area contributed by atoms with Gasteiger partial charge in [-0.1, -0.05) is 125 Å². The zero-order valence-electron chi connectivity index (χ0n) is 18.6. The number of rotatable bonds is 11. The van der Waals surface area contributed by atoms with Gasteiger partial charge in [0.1, 0.15) is 0 Å². The van der Waals surface area contributed by atoms with Crippen LogP contribution < -0.4 is 0 Å². The summed E-state index contributed by atoms with van der Waals surface area (Å²) in [5, 5.41) is 0.857. The summed E-state index contributed by atoms with van der Waals surface area (Å²) in [5.41, 5.74) is 7.58. The summed E-state index contributed by atoms with van der Waals surface area (Å²) in [6.45, 7) is 4.41. The Morgan fingerprint density at radius 2 is 1.07 bits per heavy atom. The summed E-state index contributed by atoms with van der Waals surface area (Å²) in [5.74, 6) is 0. The minimum absolute atomic E-state index is 0.857.